The average molecular weight is 346 g/mol. The maximum Gasteiger partial charge on any atom is 0.308 e. The number of carboxylic acids is 1. The van der Waals surface area contributed by atoms with Gasteiger partial charge in [0.1, 0.15) is 15.6 Å². The van der Waals surface area contributed by atoms with E-state index >= 15 is 0 Å². The van der Waals surface area contributed by atoms with Gasteiger partial charge in [-0.2, -0.15) is 0 Å². The Morgan fingerprint density at radius 2 is 2.00 bits per heavy atom. The van der Waals surface area contributed by atoms with Gasteiger partial charge in [0.2, 0.25) is 0 Å². The van der Waals surface area contributed by atoms with Crippen LogP contribution >= 0.6 is 11.3 Å². The summed E-state index contributed by atoms with van der Waals surface area (Å²) in [5, 5.41) is 9.94. The third kappa shape index (κ3) is 3.12. The van der Waals surface area contributed by atoms with Crippen LogP contribution in [0.5, 0.6) is 5.75 Å². The van der Waals surface area contributed by atoms with Crippen LogP contribution in [0.15, 0.2) is 30.5 Å². The van der Waals surface area contributed by atoms with E-state index in [-0.39, 0.29) is 18.4 Å². The number of carbonyl (C=O) groups excluding carboxylic acids is 1. The Bertz CT molecular complexity index is 756. The first-order valence-electron chi connectivity index (χ1n) is 7.62. The second kappa shape index (κ2) is 6.60. The smallest absolute Gasteiger partial charge is 0.308 e. The highest BCUT2D eigenvalue weighted by Crippen LogP contribution is 2.30. The highest BCUT2D eigenvalue weighted by atomic mass is 32.1. The summed E-state index contributed by atoms with van der Waals surface area (Å²) in [7, 11) is 1.61. The molecule has 1 N–H and O–H groups in total. The number of rotatable bonds is 4. The van der Waals surface area contributed by atoms with Gasteiger partial charge in [0.25, 0.3) is 5.91 Å². The van der Waals surface area contributed by atoms with Gasteiger partial charge >= 0.3 is 5.97 Å². The number of methoxy groups -OCH3 is 1. The lowest BCUT2D eigenvalue weighted by molar-refractivity contribution is -0.142. The molecular weight excluding hydrogens is 328 g/mol. The summed E-state index contributed by atoms with van der Waals surface area (Å²) < 4.78 is 5.13. The Morgan fingerprint density at radius 1 is 1.29 bits per heavy atom. The first-order chi connectivity index (χ1) is 11.5. The fourth-order valence-corrected chi connectivity index (χ4v) is 3.74. The van der Waals surface area contributed by atoms with Gasteiger partial charge in [-0.05, 0) is 30.2 Å². The van der Waals surface area contributed by atoms with E-state index in [1.54, 1.807) is 18.2 Å². The normalized spacial score (nSPS) is 20.2. The summed E-state index contributed by atoms with van der Waals surface area (Å²) in [6.45, 7) is 2.58. The van der Waals surface area contributed by atoms with Crippen molar-refractivity contribution in [2.75, 3.05) is 20.2 Å². The minimum atomic E-state index is -0.846. The van der Waals surface area contributed by atoms with Gasteiger partial charge in [-0.3, -0.25) is 9.59 Å². The van der Waals surface area contributed by atoms with Crippen molar-refractivity contribution >= 4 is 23.2 Å². The Labute approximate surface area is 143 Å². The van der Waals surface area contributed by atoms with E-state index in [4.69, 9.17) is 4.74 Å². The molecule has 2 heterocycles. The summed E-state index contributed by atoms with van der Waals surface area (Å²) in [5.74, 6) is -0.773. The van der Waals surface area contributed by atoms with Crippen LogP contribution in [-0.2, 0) is 4.79 Å². The second-order valence-corrected chi connectivity index (χ2v) is 6.92. The summed E-state index contributed by atoms with van der Waals surface area (Å²) >= 11 is 1.31. The van der Waals surface area contributed by atoms with Crippen molar-refractivity contribution in [2.24, 2.45) is 11.8 Å². The van der Waals surface area contributed by atoms with Crippen molar-refractivity contribution < 1.29 is 19.4 Å². The van der Waals surface area contributed by atoms with E-state index < -0.39 is 11.9 Å². The molecule has 1 saturated heterocycles. The molecule has 0 aliphatic carbocycles. The van der Waals surface area contributed by atoms with Crippen LogP contribution in [0, 0.1) is 11.8 Å². The molecule has 0 bridgehead atoms. The number of hydrogen-bond donors (Lipinski definition) is 1. The fraction of sp³-hybridized carbons (Fsp3) is 0.353. The molecule has 0 saturated carbocycles. The summed E-state index contributed by atoms with van der Waals surface area (Å²) in [6.07, 6.45) is 1.56. The fourth-order valence-electron chi connectivity index (χ4n) is 2.85. The highest BCUT2D eigenvalue weighted by molar-refractivity contribution is 7.16. The van der Waals surface area contributed by atoms with Crippen LogP contribution < -0.4 is 4.74 Å². The first kappa shape index (κ1) is 16.4. The minimum Gasteiger partial charge on any atom is -0.497 e. The second-order valence-electron chi connectivity index (χ2n) is 5.89. The Balaban J connectivity index is 1.75. The van der Waals surface area contributed by atoms with E-state index in [1.807, 2.05) is 31.2 Å². The number of benzene rings is 1. The Morgan fingerprint density at radius 3 is 2.58 bits per heavy atom. The molecule has 3 rings (SSSR count). The zero-order valence-corrected chi connectivity index (χ0v) is 14.2. The molecule has 1 aliphatic rings. The van der Waals surface area contributed by atoms with Crippen molar-refractivity contribution in [3.63, 3.8) is 0 Å². The van der Waals surface area contributed by atoms with Gasteiger partial charge in [-0.25, -0.2) is 4.98 Å². The number of nitrogens with zero attached hydrogens (tertiary/aromatic N) is 2. The quantitative estimate of drug-likeness (QED) is 0.920. The number of ether oxygens (including phenoxy) is 1. The molecule has 1 aromatic heterocycles. The van der Waals surface area contributed by atoms with Gasteiger partial charge in [0.15, 0.2) is 0 Å². The molecule has 6 nitrogen and oxygen atoms in total. The van der Waals surface area contributed by atoms with Gasteiger partial charge in [0, 0.05) is 18.7 Å². The molecule has 1 amide bonds. The number of likely N-dealkylation sites (tertiary alicyclic amines) is 1. The third-order valence-electron chi connectivity index (χ3n) is 4.27. The lowest BCUT2D eigenvalue weighted by Crippen LogP contribution is -2.29. The largest absolute Gasteiger partial charge is 0.497 e. The number of amides is 1. The summed E-state index contributed by atoms with van der Waals surface area (Å²) in [4.78, 5) is 30.2. The van der Waals surface area contributed by atoms with E-state index in [1.165, 1.54) is 11.3 Å². The molecule has 2 atom stereocenters. The average Bonchev–Trinajstić information content (AvgIpc) is 3.21. The zero-order chi connectivity index (χ0) is 17.3. The van der Waals surface area contributed by atoms with Crippen LogP contribution in [0.1, 0.15) is 16.6 Å². The maximum atomic E-state index is 12.6. The number of hydrogen-bond acceptors (Lipinski definition) is 5. The molecule has 0 unspecified atom stereocenters. The van der Waals surface area contributed by atoms with Gasteiger partial charge in [-0.1, -0.05) is 6.92 Å². The molecule has 2 aromatic rings. The lowest BCUT2D eigenvalue weighted by atomic mass is 9.99. The number of thiazole rings is 1. The standard InChI is InChI=1S/C17H18N2O4S/c1-10-8-19(9-13(10)17(21)22)16(20)14-7-18-15(24-14)11-3-5-12(23-2)6-4-11/h3-7,10,13H,8-9H2,1-2H3,(H,21,22)/t10-,13-/m1/s1. The van der Waals surface area contributed by atoms with Crippen molar-refractivity contribution in [3.8, 4) is 16.3 Å². The number of carbonyl (C=O) groups is 2. The number of carboxylic acid groups (broad SMARTS) is 1. The minimum absolute atomic E-state index is 0.0413. The van der Waals surface area contributed by atoms with Crippen LogP contribution in [-0.4, -0.2) is 47.1 Å². The molecule has 0 spiro atoms. The van der Waals surface area contributed by atoms with Crippen molar-refractivity contribution in [1.29, 1.82) is 0 Å². The van der Waals surface area contributed by atoms with Gasteiger partial charge < -0.3 is 14.7 Å². The van der Waals surface area contributed by atoms with Gasteiger partial charge in [0.05, 0.1) is 19.2 Å². The summed E-state index contributed by atoms with van der Waals surface area (Å²) in [6, 6.07) is 7.48. The van der Waals surface area contributed by atoms with Crippen molar-refractivity contribution in [1.82, 2.24) is 9.88 Å². The van der Waals surface area contributed by atoms with E-state index in [9.17, 15) is 14.7 Å². The molecule has 24 heavy (non-hydrogen) atoms. The van der Waals surface area contributed by atoms with Crippen LogP contribution in [0.2, 0.25) is 0 Å². The number of aromatic nitrogens is 1. The Hall–Kier alpha value is -2.41. The maximum absolute atomic E-state index is 12.6. The van der Waals surface area contributed by atoms with E-state index in [0.29, 0.717) is 11.4 Å². The van der Waals surface area contributed by atoms with Crippen molar-refractivity contribution in [2.45, 2.75) is 6.92 Å². The SMILES string of the molecule is COc1ccc(-c2ncc(C(=O)N3C[C@@H](C)[C@H](C(=O)O)C3)s2)cc1. The lowest BCUT2D eigenvalue weighted by Gasteiger charge is -2.14. The predicted octanol–water partition coefficient (Wildman–Crippen LogP) is 2.61. The monoisotopic (exact) mass is 346 g/mol. The molecule has 7 heteroatoms. The molecular formula is C17H18N2O4S. The highest BCUT2D eigenvalue weighted by Gasteiger charge is 2.37. The topological polar surface area (TPSA) is 79.7 Å². The van der Waals surface area contributed by atoms with Gasteiger partial charge in [-0.15, -0.1) is 11.3 Å². The molecule has 1 fully saturated rings. The molecule has 126 valence electrons. The van der Waals surface area contributed by atoms with Crippen LogP contribution in [0.25, 0.3) is 10.6 Å². The zero-order valence-electron chi connectivity index (χ0n) is 13.4. The first-order valence-corrected chi connectivity index (χ1v) is 8.43. The Kier molecular flexibility index (Phi) is 4.53. The van der Waals surface area contributed by atoms with Crippen LogP contribution in [0.4, 0.5) is 0 Å². The molecule has 1 aliphatic heterocycles. The van der Waals surface area contributed by atoms with Crippen molar-refractivity contribution in [3.05, 3.63) is 35.3 Å². The van der Waals surface area contributed by atoms with E-state index in [2.05, 4.69) is 4.98 Å². The van der Waals surface area contributed by atoms with Crippen LogP contribution in [0.3, 0.4) is 0 Å². The summed E-state index contributed by atoms with van der Waals surface area (Å²) in [5.41, 5.74) is 0.915. The molecule has 1 aromatic carbocycles. The molecule has 0 radical (unpaired) electrons. The number of aliphatic carboxylic acids is 1. The predicted molar refractivity (Wildman–Crippen MR) is 90.3 cm³/mol. The third-order valence-corrected chi connectivity index (χ3v) is 5.30. The van der Waals surface area contributed by atoms with E-state index in [0.717, 1.165) is 16.3 Å².